The summed E-state index contributed by atoms with van der Waals surface area (Å²) in [6.45, 7) is 2.09. The molecule has 0 saturated carbocycles. The normalized spacial score (nSPS) is 11.8. The first-order valence-corrected chi connectivity index (χ1v) is 9.02. The molecular weight excluding hydrogens is 407 g/mol. The summed E-state index contributed by atoms with van der Waals surface area (Å²) in [5.74, 6) is 0. The van der Waals surface area contributed by atoms with Gasteiger partial charge in [0.25, 0.3) is 0 Å². The van der Waals surface area contributed by atoms with Gasteiger partial charge in [-0.1, -0.05) is 58.3 Å². The number of nitrogens with zero attached hydrogens (tertiary/aromatic N) is 1. The van der Waals surface area contributed by atoms with E-state index in [0.717, 1.165) is 0 Å². The third-order valence-electron chi connectivity index (χ3n) is 2.37. The Morgan fingerprint density at radius 1 is 1.40 bits per heavy atom. The fraction of sp³-hybridized carbons (Fsp3) is 0.364. The molecule has 0 aromatic heterocycles. The molecule has 2 N–H and O–H groups in total. The third kappa shape index (κ3) is 4.29. The van der Waals surface area contributed by atoms with Crippen molar-refractivity contribution in [1.82, 2.24) is 4.31 Å². The highest BCUT2D eigenvalue weighted by Gasteiger charge is 2.29. The highest BCUT2D eigenvalue weighted by Crippen LogP contribution is 2.34. The average Bonchev–Trinajstić information content (AvgIpc) is 2.25. The van der Waals surface area contributed by atoms with E-state index >= 15 is 0 Å². The number of nitrogens with two attached hydrogens (primary N) is 1. The lowest BCUT2D eigenvalue weighted by atomic mass is 10.4. The maximum atomic E-state index is 12.6. The topological polar surface area (TPSA) is 63.4 Å². The Balaban J connectivity index is 3.37. The Morgan fingerprint density at radius 2 is 1.90 bits per heavy atom. The van der Waals surface area contributed by atoms with E-state index in [4.69, 9.17) is 41.2 Å². The monoisotopic (exact) mass is 418 g/mol. The van der Waals surface area contributed by atoms with Gasteiger partial charge in [0.2, 0.25) is 10.0 Å². The van der Waals surface area contributed by atoms with E-state index in [1.807, 2.05) is 6.92 Å². The van der Waals surface area contributed by atoms with Crippen LogP contribution in [0.2, 0.25) is 10.0 Å². The van der Waals surface area contributed by atoms with Crippen molar-refractivity contribution in [1.29, 1.82) is 0 Å². The van der Waals surface area contributed by atoms with E-state index < -0.39 is 10.0 Å². The Kier molecular flexibility index (Phi) is 6.69. The lowest BCUT2D eigenvalue weighted by Crippen LogP contribution is -2.38. The molecule has 0 aliphatic carbocycles. The van der Waals surface area contributed by atoms with Crippen LogP contribution in [-0.2, 0) is 10.0 Å². The van der Waals surface area contributed by atoms with Crippen molar-refractivity contribution in [3.63, 3.8) is 0 Å². The Bertz CT molecular complexity index is 600. The van der Waals surface area contributed by atoms with Crippen molar-refractivity contribution in [3.8, 4) is 0 Å². The molecule has 0 bridgehead atoms. The molecule has 0 aliphatic rings. The quantitative estimate of drug-likeness (QED) is 0.717. The summed E-state index contributed by atoms with van der Waals surface area (Å²) >= 11 is 20.0. The number of halogens is 3. The molecule has 112 valence electrons. The molecule has 1 aromatic rings. The van der Waals surface area contributed by atoms with Crippen molar-refractivity contribution in [2.24, 2.45) is 5.73 Å². The Morgan fingerprint density at radius 3 is 2.30 bits per heavy atom. The largest absolute Gasteiger partial charge is 0.392 e. The van der Waals surface area contributed by atoms with Crippen molar-refractivity contribution in [3.05, 3.63) is 26.7 Å². The Labute approximate surface area is 142 Å². The summed E-state index contributed by atoms with van der Waals surface area (Å²) in [7, 11) is -3.86. The van der Waals surface area contributed by atoms with Gasteiger partial charge in [-0.25, -0.2) is 8.42 Å². The van der Waals surface area contributed by atoms with Gasteiger partial charge in [-0.3, -0.25) is 0 Å². The number of thiocarbonyl (C=S) groups is 1. The molecule has 20 heavy (non-hydrogen) atoms. The highest BCUT2D eigenvalue weighted by molar-refractivity contribution is 9.10. The van der Waals surface area contributed by atoms with Gasteiger partial charge in [0, 0.05) is 11.0 Å². The number of hydrogen-bond donors (Lipinski definition) is 1. The summed E-state index contributed by atoms with van der Waals surface area (Å²) in [5, 5.41) is 0.0989. The molecule has 4 nitrogen and oxygen atoms in total. The lowest BCUT2D eigenvalue weighted by molar-refractivity contribution is 0.449. The minimum atomic E-state index is -3.86. The van der Waals surface area contributed by atoms with Crippen LogP contribution in [0, 0.1) is 0 Å². The molecule has 0 atom stereocenters. The van der Waals surface area contributed by atoms with E-state index in [1.54, 1.807) is 0 Å². The third-order valence-corrected chi connectivity index (χ3v) is 5.72. The van der Waals surface area contributed by atoms with Crippen LogP contribution in [0.5, 0.6) is 0 Å². The number of benzene rings is 1. The van der Waals surface area contributed by atoms with E-state index in [9.17, 15) is 8.42 Å². The molecule has 9 heteroatoms. The van der Waals surface area contributed by atoms with Gasteiger partial charge in [-0.15, -0.1) is 0 Å². The van der Waals surface area contributed by atoms with Gasteiger partial charge >= 0.3 is 0 Å². The predicted molar refractivity (Wildman–Crippen MR) is 90.0 cm³/mol. The number of sulfonamides is 1. The van der Waals surface area contributed by atoms with E-state index in [0.29, 0.717) is 10.9 Å². The molecule has 1 rings (SSSR count). The second kappa shape index (κ2) is 7.38. The smallest absolute Gasteiger partial charge is 0.246 e. The molecule has 0 fully saturated rings. The zero-order valence-electron chi connectivity index (χ0n) is 10.6. The standard InChI is InChI=1S/C11H13BrCl2N2O2S2/c1-2-3-16(6-10(15)19)20(17,18)11-8(13)4-7(12)5-9(11)14/h4-5H,2-3,6H2,1H3,(H2,15,19). The SMILES string of the molecule is CCCN(CC(N)=S)S(=O)(=O)c1c(Cl)cc(Br)cc1Cl. The molecule has 0 spiro atoms. The molecule has 0 aliphatic heterocycles. The summed E-state index contributed by atoms with van der Waals surface area (Å²) in [6, 6.07) is 2.95. The van der Waals surface area contributed by atoms with Crippen molar-refractivity contribution < 1.29 is 8.42 Å². The fourth-order valence-corrected chi connectivity index (χ4v) is 5.24. The summed E-state index contributed by atoms with van der Waals surface area (Å²) in [6.07, 6.45) is 0.619. The summed E-state index contributed by atoms with van der Waals surface area (Å²) < 4.78 is 27.1. The zero-order valence-corrected chi connectivity index (χ0v) is 15.3. The van der Waals surface area contributed by atoms with Crippen molar-refractivity contribution >= 4 is 66.4 Å². The van der Waals surface area contributed by atoms with Gasteiger partial charge in [0.1, 0.15) is 4.90 Å². The van der Waals surface area contributed by atoms with Crippen LogP contribution in [0.4, 0.5) is 0 Å². The van der Waals surface area contributed by atoms with Gasteiger partial charge < -0.3 is 5.73 Å². The maximum absolute atomic E-state index is 12.6. The molecule has 1 aromatic carbocycles. The molecule has 0 amide bonds. The zero-order chi connectivity index (χ0) is 15.5. The fourth-order valence-electron chi connectivity index (χ4n) is 1.61. The van der Waals surface area contributed by atoms with Gasteiger partial charge in [-0.05, 0) is 18.6 Å². The average molecular weight is 420 g/mol. The van der Waals surface area contributed by atoms with Gasteiger partial charge in [0.15, 0.2) is 0 Å². The molecule has 0 unspecified atom stereocenters. The first kappa shape index (κ1) is 18.1. The van der Waals surface area contributed by atoms with Crippen LogP contribution < -0.4 is 5.73 Å². The van der Waals surface area contributed by atoms with Gasteiger partial charge in [0.05, 0.1) is 21.6 Å². The molecule has 0 saturated heterocycles. The van der Waals surface area contributed by atoms with Gasteiger partial charge in [-0.2, -0.15) is 4.31 Å². The molecular formula is C11H13BrCl2N2O2S2. The van der Waals surface area contributed by atoms with Crippen LogP contribution in [-0.4, -0.2) is 30.8 Å². The minimum Gasteiger partial charge on any atom is -0.392 e. The summed E-state index contributed by atoms with van der Waals surface area (Å²) in [5.41, 5.74) is 5.45. The van der Waals surface area contributed by atoms with Crippen LogP contribution in [0.25, 0.3) is 0 Å². The van der Waals surface area contributed by atoms with Crippen molar-refractivity contribution in [2.75, 3.05) is 13.1 Å². The first-order chi connectivity index (χ1) is 9.20. The highest BCUT2D eigenvalue weighted by atomic mass is 79.9. The first-order valence-electron chi connectivity index (χ1n) is 5.63. The predicted octanol–water partition coefficient (Wildman–Crippen LogP) is 3.44. The van der Waals surface area contributed by atoms with Crippen LogP contribution in [0.1, 0.15) is 13.3 Å². The maximum Gasteiger partial charge on any atom is 0.246 e. The molecule has 0 radical (unpaired) electrons. The van der Waals surface area contributed by atoms with Crippen LogP contribution in [0.3, 0.4) is 0 Å². The second-order valence-corrected chi connectivity index (χ2v) is 8.13. The minimum absolute atomic E-state index is 0.0474. The van der Waals surface area contributed by atoms with E-state index in [-0.39, 0.29) is 33.0 Å². The number of rotatable bonds is 6. The van der Waals surface area contributed by atoms with Crippen molar-refractivity contribution in [2.45, 2.75) is 18.2 Å². The van der Waals surface area contributed by atoms with Crippen LogP contribution >= 0.6 is 51.3 Å². The van der Waals surface area contributed by atoms with E-state index in [2.05, 4.69) is 15.9 Å². The van der Waals surface area contributed by atoms with Crippen LogP contribution in [0.15, 0.2) is 21.5 Å². The lowest BCUT2D eigenvalue weighted by Gasteiger charge is -2.22. The summed E-state index contributed by atoms with van der Waals surface area (Å²) in [4.78, 5) is -0.0416. The second-order valence-electron chi connectivity index (χ2n) is 4.00. The number of hydrogen-bond acceptors (Lipinski definition) is 3. The Hall–Kier alpha value is 0.0800. The molecule has 0 heterocycles. The van der Waals surface area contributed by atoms with E-state index in [1.165, 1.54) is 16.4 Å².